The van der Waals surface area contributed by atoms with Gasteiger partial charge in [-0.15, -0.1) is 0 Å². The predicted octanol–water partition coefficient (Wildman–Crippen LogP) is 1.90. The number of ketones is 1. The summed E-state index contributed by atoms with van der Waals surface area (Å²) in [6.45, 7) is 8.34. The van der Waals surface area contributed by atoms with Crippen LogP contribution in [-0.4, -0.2) is 5.78 Å². The van der Waals surface area contributed by atoms with Gasteiger partial charge in [-0.25, -0.2) is 0 Å². The molecule has 14 heavy (non-hydrogen) atoms. The number of rotatable bonds is 2. The van der Waals surface area contributed by atoms with Gasteiger partial charge in [-0.1, -0.05) is 26.8 Å². The van der Waals surface area contributed by atoms with Gasteiger partial charge >= 0.3 is 0 Å². The summed E-state index contributed by atoms with van der Waals surface area (Å²) in [5.74, 6) is 0.261. The largest absolute Gasteiger partial charge is 0.292 e. The molecular weight excluding hydrogens is 174 g/mol. The van der Waals surface area contributed by atoms with Crippen LogP contribution in [-0.2, 0) is 11.3 Å². The van der Waals surface area contributed by atoms with Gasteiger partial charge in [-0.05, 0) is 0 Å². The van der Waals surface area contributed by atoms with E-state index in [1.165, 1.54) is 0 Å². The van der Waals surface area contributed by atoms with Crippen LogP contribution in [0, 0.1) is 12.3 Å². The third-order valence-corrected chi connectivity index (χ3v) is 2.32. The molecule has 0 aliphatic heterocycles. The van der Waals surface area contributed by atoms with Crippen LogP contribution in [0.4, 0.5) is 0 Å². The lowest BCUT2D eigenvalue weighted by Gasteiger charge is -2.14. The average molecular weight is 192 g/mol. The molecule has 1 aromatic heterocycles. The Balaban J connectivity index is 2.80. The number of Topliss-reactive ketones (excluding diaryl/α,β-unsaturated/α-hetero) is 1. The predicted molar refractivity (Wildman–Crippen MR) is 55.8 cm³/mol. The first-order valence-corrected chi connectivity index (χ1v) is 4.89. The Morgan fingerprint density at radius 3 is 2.50 bits per heavy atom. The first-order chi connectivity index (χ1) is 6.41. The summed E-state index contributed by atoms with van der Waals surface area (Å²) >= 11 is 0. The fourth-order valence-electron chi connectivity index (χ4n) is 1.13. The van der Waals surface area contributed by atoms with Crippen LogP contribution in [0.5, 0.6) is 0 Å². The second kappa shape index (κ2) is 3.91. The smallest absolute Gasteiger partial charge is 0.207 e. The number of carbonyl (C=O) groups excluding carboxylic acids is 1. The van der Waals surface area contributed by atoms with E-state index in [-0.39, 0.29) is 11.2 Å². The summed E-state index contributed by atoms with van der Waals surface area (Å²) in [5, 5.41) is 0. The SMILES string of the molecule is Cc1cccc[n+]1CC(=O)C(C)(C)C. The van der Waals surface area contributed by atoms with Gasteiger partial charge in [-0.3, -0.25) is 4.79 Å². The molecule has 0 aliphatic rings. The van der Waals surface area contributed by atoms with Crippen LogP contribution in [0.15, 0.2) is 24.4 Å². The average Bonchev–Trinajstić information content (AvgIpc) is 2.07. The van der Waals surface area contributed by atoms with Crippen LogP contribution in [0.2, 0.25) is 0 Å². The van der Waals surface area contributed by atoms with E-state index in [1.807, 2.05) is 56.7 Å². The number of aryl methyl sites for hydroxylation is 1. The Morgan fingerprint density at radius 2 is 2.00 bits per heavy atom. The zero-order chi connectivity index (χ0) is 10.8. The van der Waals surface area contributed by atoms with Crippen LogP contribution >= 0.6 is 0 Å². The molecule has 0 amide bonds. The molecule has 0 saturated carbocycles. The lowest BCUT2D eigenvalue weighted by molar-refractivity contribution is -0.690. The summed E-state index contributed by atoms with van der Waals surface area (Å²) in [6, 6.07) is 5.94. The van der Waals surface area contributed by atoms with Crippen LogP contribution in [0.25, 0.3) is 0 Å². The maximum atomic E-state index is 11.8. The van der Waals surface area contributed by atoms with Crippen molar-refractivity contribution >= 4 is 5.78 Å². The number of carbonyl (C=O) groups is 1. The highest BCUT2D eigenvalue weighted by Crippen LogP contribution is 2.14. The van der Waals surface area contributed by atoms with Crippen molar-refractivity contribution in [3.05, 3.63) is 30.1 Å². The number of pyridine rings is 1. The zero-order valence-corrected chi connectivity index (χ0v) is 9.37. The molecule has 0 radical (unpaired) electrons. The summed E-state index contributed by atoms with van der Waals surface area (Å²) in [4.78, 5) is 11.8. The molecule has 0 unspecified atom stereocenters. The maximum absolute atomic E-state index is 11.8. The van der Waals surface area contributed by atoms with Crippen molar-refractivity contribution in [3.63, 3.8) is 0 Å². The van der Waals surface area contributed by atoms with Gasteiger partial charge < -0.3 is 0 Å². The Labute approximate surface area is 85.6 Å². The Bertz CT molecular complexity index is 336. The molecule has 76 valence electrons. The van der Waals surface area contributed by atoms with E-state index in [0.29, 0.717) is 6.54 Å². The number of hydrogen-bond acceptors (Lipinski definition) is 1. The molecule has 0 aromatic carbocycles. The standard InChI is InChI=1S/C12H18NO/c1-10-7-5-6-8-13(10)9-11(14)12(2,3)4/h5-8H,9H2,1-4H3/q+1. The minimum Gasteiger partial charge on any atom is -0.292 e. The molecule has 0 N–H and O–H groups in total. The van der Waals surface area contributed by atoms with Gasteiger partial charge in [0, 0.05) is 24.5 Å². The first-order valence-electron chi connectivity index (χ1n) is 4.89. The van der Waals surface area contributed by atoms with Crippen LogP contribution < -0.4 is 4.57 Å². The van der Waals surface area contributed by atoms with Gasteiger partial charge in [0.2, 0.25) is 12.3 Å². The van der Waals surface area contributed by atoms with Crippen molar-refractivity contribution < 1.29 is 9.36 Å². The Hall–Kier alpha value is -1.18. The van der Waals surface area contributed by atoms with Crippen molar-refractivity contribution in [2.24, 2.45) is 5.41 Å². The van der Waals surface area contributed by atoms with E-state index in [1.54, 1.807) is 0 Å². The lowest BCUT2D eigenvalue weighted by atomic mass is 9.91. The van der Waals surface area contributed by atoms with Crippen molar-refractivity contribution in [2.75, 3.05) is 0 Å². The number of aromatic nitrogens is 1. The van der Waals surface area contributed by atoms with Crippen molar-refractivity contribution in [1.29, 1.82) is 0 Å². The molecule has 0 fully saturated rings. The molecule has 0 saturated heterocycles. The zero-order valence-electron chi connectivity index (χ0n) is 9.37. The van der Waals surface area contributed by atoms with E-state index in [9.17, 15) is 4.79 Å². The molecule has 0 spiro atoms. The summed E-state index contributed by atoms with van der Waals surface area (Å²) in [6.07, 6.45) is 1.94. The molecule has 2 nitrogen and oxygen atoms in total. The maximum Gasteiger partial charge on any atom is 0.207 e. The minimum atomic E-state index is -0.255. The second-order valence-electron chi connectivity index (χ2n) is 4.64. The Kier molecular flexibility index (Phi) is 3.04. The van der Waals surface area contributed by atoms with Crippen LogP contribution in [0.1, 0.15) is 26.5 Å². The van der Waals surface area contributed by atoms with E-state index < -0.39 is 0 Å². The molecule has 0 bridgehead atoms. The fraction of sp³-hybridized carbons (Fsp3) is 0.500. The monoisotopic (exact) mass is 192 g/mol. The van der Waals surface area contributed by atoms with Gasteiger partial charge in [-0.2, -0.15) is 4.57 Å². The highest BCUT2D eigenvalue weighted by molar-refractivity contribution is 5.82. The first kappa shape index (κ1) is 10.9. The van der Waals surface area contributed by atoms with Crippen molar-refractivity contribution in [1.82, 2.24) is 0 Å². The Morgan fingerprint density at radius 1 is 1.36 bits per heavy atom. The summed E-state index contributed by atoms with van der Waals surface area (Å²) in [7, 11) is 0. The fourth-order valence-corrected chi connectivity index (χ4v) is 1.13. The molecule has 1 aromatic rings. The third-order valence-electron chi connectivity index (χ3n) is 2.32. The van der Waals surface area contributed by atoms with E-state index in [2.05, 4.69) is 0 Å². The normalized spacial score (nSPS) is 11.4. The topological polar surface area (TPSA) is 20.9 Å². The van der Waals surface area contributed by atoms with Gasteiger partial charge in [0.1, 0.15) is 0 Å². The molecular formula is C12H18NO+. The van der Waals surface area contributed by atoms with Gasteiger partial charge in [0.05, 0.1) is 0 Å². The highest BCUT2D eigenvalue weighted by atomic mass is 16.1. The minimum absolute atomic E-state index is 0.255. The molecule has 2 heteroatoms. The van der Waals surface area contributed by atoms with Crippen LogP contribution in [0.3, 0.4) is 0 Å². The second-order valence-corrected chi connectivity index (χ2v) is 4.64. The summed E-state index contributed by atoms with van der Waals surface area (Å²) in [5.41, 5.74) is 0.861. The molecule has 1 heterocycles. The quantitative estimate of drug-likeness (QED) is 0.656. The van der Waals surface area contributed by atoms with E-state index in [0.717, 1.165) is 5.69 Å². The molecule has 0 aliphatic carbocycles. The van der Waals surface area contributed by atoms with E-state index >= 15 is 0 Å². The molecule has 1 rings (SSSR count). The molecule has 0 atom stereocenters. The highest BCUT2D eigenvalue weighted by Gasteiger charge is 2.25. The van der Waals surface area contributed by atoms with Gasteiger partial charge in [0.25, 0.3) is 0 Å². The number of hydrogen-bond donors (Lipinski definition) is 0. The lowest BCUT2D eigenvalue weighted by Crippen LogP contribution is -2.43. The van der Waals surface area contributed by atoms with E-state index in [4.69, 9.17) is 0 Å². The van der Waals surface area contributed by atoms with Crippen molar-refractivity contribution in [3.8, 4) is 0 Å². The van der Waals surface area contributed by atoms with Crippen molar-refractivity contribution in [2.45, 2.75) is 34.2 Å². The third kappa shape index (κ3) is 2.66. The number of nitrogens with zero attached hydrogens (tertiary/aromatic N) is 1. The van der Waals surface area contributed by atoms with Gasteiger partial charge in [0.15, 0.2) is 11.9 Å². The summed E-state index contributed by atoms with van der Waals surface area (Å²) < 4.78 is 1.98.